The van der Waals surface area contributed by atoms with Crippen LogP contribution in [0.3, 0.4) is 0 Å². The van der Waals surface area contributed by atoms with Crippen LogP contribution in [-0.2, 0) is 14.3 Å². The maximum atomic E-state index is 12.8. The number of hydrogen-bond acceptors (Lipinski definition) is 3. The lowest BCUT2D eigenvalue weighted by Gasteiger charge is -2.24. The van der Waals surface area contributed by atoms with Crippen molar-refractivity contribution in [3.8, 4) is 0 Å². The van der Waals surface area contributed by atoms with E-state index in [-0.39, 0.29) is 5.91 Å². The van der Waals surface area contributed by atoms with E-state index in [1.54, 1.807) is 4.90 Å². The van der Waals surface area contributed by atoms with E-state index in [1.165, 1.54) is 13.8 Å². The first-order valence-corrected chi connectivity index (χ1v) is 8.09. The van der Waals surface area contributed by atoms with Gasteiger partial charge >= 0.3 is 18.3 Å². The van der Waals surface area contributed by atoms with Gasteiger partial charge in [0.1, 0.15) is 0 Å². The van der Waals surface area contributed by atoms with Gasteiger partial charge in [-0.1, -0.05) is 6.42 Å². The number of nitrogens with zero attached hydrogens (tertiary/aromatic N) is 1. The van der Waals surface area contributed by atoms with Crippen LogP contribution in [0.5, 0.6) is 0 Å². The maximum Gasteiger partial charge on any atom is 0.340 e. The van der Waals surface area contributed by atoms with Crippen molar-refractivity contribution < 1.29 is 31.9 Å². The summed E-state index contributed by atoms with van der Waals surface area (Å²) in [6.45, 7) is 6.40. The molecule has 0 aliphatic carbocycles. The number of esters is 1. The summed E-state index contributed by atoms with van der Waals surface area (Å²) in [5.41, 5.74) is -1.07. The first kappa shape index (κ1) is 22.7. The minimum atomic E-state index is -4.35. The molecule has 0 unspecified atom stereocenters. The summed E-state index contributed by atoms with van der Waals surface area (Å²) in [5.74, 6) is -5.27. The number of alkyl halides is 4. The molecular formula is C16H27F4NO3. The van der Waals surface area contributed by atoms with Crippen LogP contribution in [0.2, 0.25) is 0 Å². The molecule has 0 aliphatic rings. The average molecular weight is 357 g/mol. The van der Waals surface area contributed by atoms with Gasteiger partial charge in [0, 0.05) is 19.5 Å². The summed E-state index contributed by atoms with van der Waals surface area (Å²) in [6, 6.07) is 0. The number of carbonyl (C=O) groups excluding carboxylic acids is 2. The molecule has 0 spiro atoms. The molecule has 0 radical (unpaired) electrons. The summed E-state index contributed by atoms with van der Waals surface area (Å²) >= 11 is 0. The second-order valence-corrected chi connectivity index (χ2v) is 6.29. The van der Waals surface area contributed by atoms with Crippen molar-refractivity contribution in [3.05, 3.63) is 0 Å². The van der Waals surface area contributed by atoms with Crippen LogP contribution >= 0.6 is 0 Å². The predicted octanol–water partition coefficient (Wildman–Crippen LogP) is 3.89. The lowest BCUT2D eigenvalue weighted by molar-refractivity contribution is -0.186. The summed E-state index contributed by atoms with van der Waals surface area (Å²) in [5, 5.41) is 0. The van der Waals surface area contributed by atoms with Crippen molar-refractivity contribution in [3.63, 3.8) is 0 Å². The Morgan fingerprint density at radius 3 is 2.08 bits per heavy atom. The molecule has 0 saturated heterocycles. The minimum Gasteiger partial charge on any atom is -0.459 e. The van der Waals surface area contributed by atoms with Crippen molar-refractivity contribution in [1.29, 1.82) is 0 Å². The van der Waals surface area contributed by atoms with Gasteiger partial charge in [0.25, 0.3) is 0 Å². The zero-order valence-corrected chi connectivity index (χ0v) is 14.7. The number of halogens is 4. The molecule has 0 fully saturated rings. The third-order valence-corrected chi connectivity index (χ3v) is 3.83. The van der Waals surface area contributed by atoms with Crippen LogP contribution in [0.15, 0.2) is 0 Å². The van der Waals surface area contributed by atoms with Gasteiger partial charge in [-0.05, 0) is 40.5 Å². The Morgan fingerprint density at radius 2 is 1.62 bits per heavy atom. The van der Waals surface area contributed by atoms with Crippen LogP contribution in [0.25, 0.3) is 0 Å². The summed E-state index contributed by atoms with van der Waals surface area (Å²) in [7, 11) is 0. The van der Waals surface area contributed by atoms with Crippen molar-refractivity contribution in [2.24, 2.45) is 5.41 Å². The number of rotatable bonds is 11. The second kappa shape index (κ2) is 9.84. The molecule has 0 aromatic rings. The molecule has 8 heteroatoms. The number of ether oxygens (including phenoxy) is 1. The van der Waals surface area contributed by atoms with Crippen LogP contribution < -0.4 is 0 Å². The summed E-state index contributed by atoms with van der Waals surface area (Å²) in [4.78, 5) is 25.3. The largest absolute Gasteiger partial charge is 0.459 e. The lowest BCUT2D eigenvalue weighted by Crippen LogP contribution is -2.36. The van der Waals surface area contributed by atoms with Crippen molar-refractivity contribution >= 4 is 11.9 Å². The van der Waals surface area contributed by atoms with E-state index in [9.17, 15) is 27.2 Å². The Kier molecular flexibility index (Phi) is 9.29. The molecule has 0 N–H and O–H groups in total. The molecule has 24 heavy (non-hydrogen) atoms. The smallest absolute Gasteiger partial charge is 0.340 e. The topological polar surface area (TPSA) is 46.6 Å². The zero-order chi connectivity index (χ0) is 19.0. The molecule has 1 amide bonds. The maximum absolute atomic E-state index is 12.8. The Balaban J connectivity index is 4.25. The van der Waals surface area contributed by atoms with Gasteiger partial charge in [-0.15, -0.1) is 0 Å². The number of amides is 1. The van der Waals surface area contributed by atoms with E-state index >= 15 is 0 Å². The van der Waals surface area contributed by atoms with E-state index in [0.29, 0.717) is 38.8 Å². The Hall–Kier alpha value is -1.34. The van der Waals surface area contributed by atoms with Crippen molar-refractivity contribution in [2.75, 3.05) is 19.7 Å². The van der Waals surface area contributed by atoms with Gasteiger partial charge in [0.15, 0.2) is 6.61 Å². The quantitative estimate of drug-likeness (QED) is 0.320. The third-order valence-electron chi connectivity index (χ3n) is 3.83. The first-order valence-electron chi connectivity index (χ1n) is 8.09. The fraction of sp³-hybridized carbons (Fsp3) is 0.875. The highest BCUT2D eigenvalue weighted by Crippen LogP contribution is 2.28. The fourth-order valence-electron chi connectivity index (χ4n) is 2.10. The molecule has 4 nitrogen and oxygen atoms in total. The summed E-state index contributed by atoms with van der Waals surface area (Å²) < 4.78 is 53.9. The molecule has 0 rings (SSSR count). The van der Waals surface area contributed by atoms with E-state index in [0.717, 1.165) is 0 Å². The van der Waals surface area contributed by atoms with Crippen LogP contribution in [0.4, 0.5) is 17.6 Å². The van der Waals surface area contributed by atoms with Crippen LogP contribution in [-0.4, -0.2) is 48.8 Å². The lowest BCUT2D eigenvalue weighted by atomic mass is 9.87. The van der Waals surface area contributed by atoms with Crippen molar-refractivity contribution in [2.45, 2.75) is 65.7 Å². The normalized spacial score (nSPS) is 12.4. The molecule has 0 aliphatic heterocycles. The van der Waals surface area contributed by atoms with Gasteiger partial charge in [-0.2, -0.15) is 8.78 Å². The average Bonchev–Trinajstić information content (AvgIpc) is 2.50. The molecule has 0 saturated carbocycles. The van der Waals surface area contributed by atoms with Crippen LogP contribution in [0, 0.1) is 5.41 Å². The molecule has 0 heterocycles. The highest BCUT2D eigenvalue weighted by atomic mass is 19.3. The Labute approximate surface area is 140 Å². The van der Waals surface area contributed by atoms with Gasteiger partial charge in [-0.25, -0.2) is 8.78 Å². The van der Waals surface area contributed by atoms with Crippen molar-refractivity contribution in [1.82, 2.24) is 4.90 Å². The highest BCUT2D eigenvalue weighted by molar-refractivity contribution is 5.76. The standard InChI is InChI=1S/C16H27F4NO3/c1-5-21(6-2)12(22)9-7-8-10-15(3,4)14(23)24-11-16(19,20)13(17)18/h13H,5-11H2,1-4H3. The predicted molar refractivity (Wildman–Crippen MR) is 82.1 cm³/mol. The molecule has 0 aromatic carbocycles. The highest BCUT2D eigenvalue weighted by Gasteiger charge is 2.43. The van der Waals surface area contributed by atoms with Gasteiger partial charge < -0.3 is 9.64 Å². The number of unbranched alkanes of at least 4 members (excludes halogenated alkanes) is 1. The Morgan fingerprint density at radius 1 is 1.08 bits per heavy atom. The van der Waals surface area contributed by atoms with E-state index in [2.05, 4.69) is 4.74 Å². The van der Waals surface area contributed by atoms with E-state index in [1.807, 2.05) is 13.8 Å². The van der Waals surface area contributed by atoms with E-state index < -0.39 is 30.3 Å². The third kappa shape index (κ3) is 7.49. The zero-order valence-electron chi connectivity index (χ0n) is 14.7. The molecule has 142 valence electrons. The SMILES string of the molecule is CCN(CC)C(=O)CCCCC(C)(C)C(=O)OCC(F)(F)C(F)F. The Bertz CT molecular complexity index is 410. The molecule has 0 bridgehead atoms. The second-order valence-electron chi connectivity index (χ2n) is 6.29. The monoisotopic (exact) mass is 357 g/mol. The minimum absolute atomic E-state index is 0.0250. The molecule has 0 aromatic heterocycles. The molecule has 0 atom stereocenters. The van der Waals surface area contributed by atoms with Gasteiger partial charge in [0.05, 0.1) is 5.41 Å². The first-order chi connectivity index (χ1) is 11.0. The number of hydrogen-bond donors (Lipinski definition) is 0. The number of carbonyl (C=O) groups is 2. The van der Waals surface area contributed by atoms with Crippen LogP contribution in [0.1, 0.15) is 53.4 Å². The van der Waals surface area contributed by atoms with Gasteiger partial charge in [0.2, 0.25) is 5.91 Å². The fourth-order valence-corrected chi connectivity index (χ4v) is 2.10. The molecular weight excluding hydrogens is 330 g/mol. The van der Waals surface area contributed by atoms with Gasteiger partial charge in [-0.3, -0.25) is 9.59 Å². The summed E-state index contributed by atoms with van der Waals surface area (Å²) in [6.07, 6.45) is -2.13. The van der Waals surface area contributed by atoms with E-state index in [4.69, 9.17) is 0 Å².